The number of ether oxygens (including phenoxy) is 1. The molecule has 0 fully saturated rings. The van der Waals surface area contributed by atoms with E-state index in [0.29, 0.717) is 13.0 Å². The normalized spacial score (nSPS) is 13.0. The fourth-order valence-corrected chi connectivity index (χ4v) is 1.42. The van der Waals surface area contributed by atoms with E-state index in [4.69, 9.17) is 10.5 Å². The van der Waals surface area contributed by atoms with Crippen LogP contribution in [0.2, 0.25) is 0 Å². The van der Waals surface area contributed by atoms with Gasteiger partial charge in [-0.25, -0.2) is 4.79 Å². The molecule has 0 aromatic carbocycles. The molecule has 0 heterocycles. The molecule has 0 aliphatic rings. The molecule has 0 spiro atoms. The van der Waals surface area contributed by atoms with Crippen LogP contribution in [-0.4, -0.2) is 36.1 Å². The van der Waals surface area contributed by atoms with Crippen LogP contribution in [0.3, 0.4) is 0 Å². The monoisotopic (exact) mass is 244 g/mol. The lowest BCUT2D eigenvalue weighted by atomic mass is 10.0. The predicted octanol–water partition coefficient (Wildman–Crippen LogP) is 1.75. The number of hydrogen-bond donors (Lipinski definition) is 1. The van der Waals surface area contributed by atoms with E-state index in [0.717, 1.165) is 6.42 Å². The molecule has 1 atom stereocenters. The highest BCUT2D eigenvalue weighted by molar-refractivity contribution is 5.77. The largest absolute Gasteiger partial charge is 0.444 e. The van der Waals surface area contributed by atoms with Gasteiger partial charge in [-0.15, -0.1) is 0 Å². The van der Waals surface area contributed by atoms with Crippen molar-refractivity contribution in [2.45, 2.75) is 46.1 Å². The van der Waals surface area contributed by atoms with Crippen LogP contribution in [0.4, 0.5) is 4.79 Å². The smallest absolute Gasteiger partial charge is 0.410 e. The van der Waals surface area contributed by atoms with E-state index in [1.807, 2.05) is 6.92 Å². The molecule has 100 valence electrons. The third-order valence-electron chi connectivity index (χ3n) is 2.24. The van der Waals surface area contributed by atoms with E-state index in [2.05, 4.69) is 0 Å². The standard InChI is InChI=1S/C12H24N2O3/c1-6-7-9(10(13)15)8-14(5)11(16)17-12(2,3)4/h9H,6-8H2,1-5H3,(H2,13,15). The van der Waals surface area contributed by atoms with Crippen molar-refractivity contribution < 1.29 is 14.3 Å². The van der Waals surface area contributed by atoms with Crippen molar-refractivity contribution in [2.75, 3.05) is 13.6 Å². The van der Waals surface area contributed by atoms with Crippen molar-refractivity contribution in [3.8, 4) is 0 Å². The lowest BCUT2D eigenvalue weighted by Gasteiger charge is -2.26. The molecule has 17 heavy (non-hydrogen) atoms. The summed E-state index contributed by atoms with van der Waals surface area (Å²) >= 11 is 0. The minimum Gasteiger partial charge on any atom is -0.444 e. The second-order valence-corrected chi connectivity index (χ2v) is 5.25. The van der Waals surface area contributed by atoms with Gasteiger partial charge in [0.25, 0.3) is 0 Å². The molecular weight excluding hydrogens is 220 g/mol. The van der Waals surface area contributed by atoms with Crippen LogP contribution < -0.4 is 5.73 Å². The van der Waals surface area contributed by atoms with Gasteiger partial charge >= 0.3 is 6.09 Å². The summed E-state index contributed by atoms with van der Waals surface area (Å²) in [7, 11) is 1.61. The SMILES string of the molecule is CCCC(CN(C)C(=O)OC(C)(C)C)C(N)=O. The predicted molar refractivity (Wildman–Crippen MR) is 66.5 cm³/mol. The van der Waals surface area contributed by atoms with E-state index in [9.17, 15) is 9.59 Å². The summed E-state index contributed by atoms with van der Waals surface area (Å²) in [4.78, 5) is 24.2. The van der Waals surface area contributed by atoms with Gasteiger partial charge in [-0.1, -0.05) is 13.3 Å². The Balaban J connectivity index is 4.35. The molecule has 0 aliphatic heterocycles. The summed E-state index contributed by atoms with van der Waals surface area (Å²) in [5, 5.41) is 0. The van der Waals surface area contributed by atoms with E-state index in [1.54, 1.807) is 27.8 Å². The average Bonchev–Trinajstić information content (AvgIpc) is 2.13. The zero-order chi connectivity index (χ0) is 13.6. The van der Waals surface area contributed by atoms with Gasteiger partial charge in [0.15, 0.2) is 0 Å². The Labute approximate surface area is 103 Å². The van der Waals surface area contributed by atoms with Crippen LogP contribution in [0.15, 0.2) is 0 Å². The van der Waals surface area contributed by atoms with E-state index >= 15 is 0 Å². The van der Waals surface area contributed by atoms with Gasteiger partial charge in [-0.3, -0.25) is 4.79 Å². The fourth-order valence-electron chi connectivity index (χ4n) is 1.42. The molecule has 5 heteroatoms. The molecule has 0 radical (unpaired) electrons. The Hall–Kier alpha value is -1.26. The molecule has 0 aromatic heterocycles. The van der Waals surface area contributed by atoms with Crippen LogP contribution in [0.25, 0.3) is 0 Å². The number of nitrogens with two attached hydrogens (primary N) is 1. The van der Waals surface area contributed by atoms with E-state index < -0.39 is 11.7 Å². The molecule has 0 rings (SSSR count). The van der Waals surface area contributed by atoms with Crippen LogP contribution in [0.5, 0.6) is 0 Å². The van der Waals surface area contributed by atoms with Crippen LogP contribution in [0.1, 0.15) is 40.5 Å². The zero-order valence-electron chi connectivity index (χ0n) is 11.4. The second-order valence-electron chi connectivity index (χ2n) is 5.25. The highest BCUT2D eigenvalue weighted by Crippen LogP contribution is 2.12. The summed E-state index contributed by atoms with van der Waals surface area (Å²) in [6, 6.07) is 0. The molecule has 2 amide bonds. The van der Waals surface area contributed by atoms with Crippen molar-refractivity contribution in [2.24, 2.45) is 11.7 Å². The molecule has 0 saturated carbocycles. The van der Waals surface area contributed by atoms with Crippen molar-refractivity contribution in [1.29, 1.82) is 0 Å². The Kier molecular flexibility index (Phi) is 5.99. The topological polar surface area (TPSA) is 72.6 Å². The Morgan fingerprint density at radius 3 is 2.24 bits per heavy atom. The lowest BCUT2D eigenvalue weighted by Crippen LogP contribution is -2.40. The molecule has 2 N–H and O–H groups in total. The van der Waals surface area contributed by atoms with Gasteiger partial charge in [-0.05, 0) is 27.2 Å². The number of primary amides is 1. The molecule has 5 nitrogen and oxygen atoms in total. The summed E-state index contributed by atoms with van der Waals surface area (Å²) < 4.78 is 5.19. The molecule has 1 unspecified atom stereocenters. The second kappa shape index (κ2) is 6.47. The van der Waals surface area contributed by atoms with Crippen molar-refractivity contribution >= 4 is 12.0 Å². The van der Waals surface area contributed by atoms with E-state index in [-0.39, 0.29) is 11.8 Å². The molecule has 0 saturated heterocycles. The molecule has 0 bridgehead atoms. The minimum atomic E-state index is -0.529. The van der Waals surface area contributed by atoms with Gasteiger partial charge in [0.05, 0.1) is 5.92 Å². The minimum absolute atomic E-state index is 0.304. The summed E-state index contributed by atoms with van der Waals surface area (Å²) in [5.74, 6) is -0.681. The first-order valence-electron chi connectivity index (χ1n) is 5.90. The number of hydrogen-bond acceptors (Lipinski definition) is 3. The van der Waals surface area contributed by atoms with Gasteiger partial charge < -0.3 is 15.4 Å². The Morgan fingerprint density at radius 2 is 1.88 bits per heavy atom. The average molecular weight is 244 g/mol. The van der Waals surface area contributed by atoms with Gasteiger partial charge in [0, 0.05) is 13.6 Å². The number of carbonyl (C=O) groups excluding carboxylic acids is 2. The Morgan fingerprint density at radius 1 is 1.35 bits per heavy atom. The van der Waals surface area contributed by atoms with Crippen molar-refractivity contribution in [3.63, 3.8) is 0 Å². The number of nitrogens with zero attached hydrogens (tertiary/aromatic N) is 1. The third kappa shape index (κ3) is 6.81. The molecule has 0 aromatic rings. The maximum atomic E-state index is 11.7. The summed E-state index contributed by atoms with van der Waals surface area (Å²) in [6.45, 7) is 7.69. The van der Waals surface area contributed by atoms with Gasteiger partial charge in [0.2, 0.25) is 5.91 Å². The maximum Gasteiger partial charge on any atom is 0.410 e. The quantitative estimate of drug-likeness (QED) is 0.800. The number of rotatable bonds is 5. The van der Waals surface area contributed by atoms with Crippen LogP contribution in [-0.2, 0) is 9.53 Å². The summed E-state index contributed by atoms with van der Waals surface area (Å²) in [5.41, 5.74) is 4.75. The number of amides is 2. The number of carbonyl (C=O) groups is 2. The van der Waals surface area contributed by atoms with Crippen molar-refractivity contribution in [3.05, 3.63) is 0 Å². The first kappa shape index (κ1) is 15.7. The summed E-state index contributed by atoms with van der Waals surface area (Å²) in [6.07, 6.45) is 1.11. The molecular formula is C12H24N2O3. The lowest BCUT2D eigenvalue weighted by molar-refractivity contribution is -0.122. The first-order valence-corrected chi connectivity index (χ1v) is 5.90. The Bertz CT molecular complexity index is 271. The highest BCUT2D eigenvalue weighted by Gasteiger charge is 2.23. The molecule has 0 aliphatic carbocycles. The van der Waals surface area contributed by atoms with Gasteiger partial charge in [0.1, 0.15) is 5.60 Å². The van der Waals surface area contributed by atoms with Crippen LogP contribution in [0, 0.1) is 5.92 Å². The fraction of sp³-hybridized carbons (Fsp3) is 0.833. The maximum absolute atomic E-state index is 11.7. The van der Waals surface area contributed by atoms with Crippen LogP contribution >= 0.6 is 0 Å². The van der Waals surface area contributed by atoms with Crippen molar-refractivity contribution in [1.82, 2.24) is 4.90 Å². The highest BCUT2D eigenvalue weighted by atomic mass is 16.6. The first-order chi connectivity index (χ1) is 7.67. The van der Waals surface area contributed by atoms with Gasteiger partial charge in [-0.2, -0.15) is 0 Å². The third-order valence-corrected chi connectivity index (χ3v) is 2.24. The van der Waals surface area contributed by atoms with E-state index in [1.165, 1.54) is 4.90 Å². The zero-order valence-corrected chi connectivity index (χ0v) is 11.4.